The van der Waals surface area contributed by atoms with Crippen LogP contribution >= 0.6 is 11.6 Å². The zero-order valence-electron chi connectivity index (χ0n) is 17.4. The van der Waals surface area contributed by atoms with E-state index in [4.69, 9.17) is 11.6 Å². The van der Waals surface area contributed by atoms with Crippen molar-refractivity contribution >= 4 is 34.0 Å². The second-order valence-electron chi connectivity index (χ2n) is 7.92. The van der Waals surface area contributed by atoms with Gasteiger partial charge in [-0.15, -0.1) is 0 Å². The summed E-state index contributed by atoms with van der Waals surface area (Å²) in [5, 5.41) is 7.83. The van der Waals surface area contributed by atoms with Gasteiger partial charge >= 0.3 is 6.18 Å². The second-order valence-corrected chi connectivity index (χ2v) is 8.33. The van der Waals surface area contributed by atoms with Crippen LogP contribution in [0, 0.1) is 0 Å². The Kier molecular flexibility index (Phi) is 6.31. The van der Waals surface area contributed by atoms with Gasteiger partial charge in [-0.3, -0.25) is 4.79 Å². The highest BCUT2D eigenvalue weighted by molar-refractivity contribution is 6.34. The van der Waals surface area contributed by atoms with Gasteiger partial charge in [-0.2, -0.15) is 13.2 Å². The Morgan fingerprint density at radius 3 is 2.69 bits per heavy atom. The zero-order valence-corrected chi connectivity index (χ0v) is 18.2. The van der Waals surface area contributed by atoms with E-state index in [-0.39, 0.29) is 35.6 Å². The molecule has 32 heavy (non-hydrogen) atoms. The fourth-order valence-electron chi connectivity index (χ4n) is 4.07. The lowest BCUT2D eigenvalue weighted by molar-refractivity contribution is -0.155. The number of amides is 1. The average molecular weight is 462 g/mol. The Balaban J connectivity index is 1.55. The quantitative estimate of drug-likeness (QED) is 0.552. The number of benzene rings is 3. The molecule has 2 N–H and O–H groups in total. The number of nitrogens with zero attached hydrogens (tertiary/aromatic N) is 1. The third kappa shape index (κ3) is 4.69. The van der Waals surface area contributed by atoms with Gasteiger partial charge in [0.2, 0.25) is 0 Å². The summed E-state index contributed by atoms with van der Waals surface area (Å²) in [5.41, 5.74) is 1.74. The fourth-order valence-corrected chi connectivity index (χ4v) is 4.27. The van der Waals surface area contributed by atoms with Crippen LogP contribution in [0.5, 0.6) is 0 Å². The predicted octanol–water partition coefficient (Wildman–Crippen LogP) is 5.32. The molecule has 8 heteroatoms. The van der Waals surface area contributed by atoms with Crippen molar-refractivity contribution in [1.82, 2.24) is 10.6 Å². The highest BCUT2D eigenvalue weighted by Gasteiger charge is 2.42. The van der Waals surface area contributed by atoms with Crippen molar-refractivity contribution in [1.29, 1.82) is 0 Å². The maximum Gasteiger partial charge on any atom is 0.405 e. The molecule has 0 radical (unpaired) electrons. The molecule has 1 aliphatic heterocycles. The molecule has 1 heterocycles. The largest absolute Gasteiger partial charge is 0.405 e. The molecule has 3 aromatic rings. The number of nitrogens with one attached hydrogen (secondary N) is 2. The van der Waals surface area contributed by atoms with Gasteiger partial charge in [-0.05, 0) is 41.5 Å². The van der Waals surface area contributed by atoms with Crippen molar-refractivity contribution in [2.45, 2.75) is 25.2 Å². The van der Waals surface area contributed by atoms with Crippen LogP contribution in [0.3, 0.4) is 0 Å². The molecule has 1 unspecified atom stereocenters. The van der Waals surface area contributed by atoms with Crippen molar-refractivity contribution in [3.05, 3.63) is 76.8 Å². The van der Waals surface area contributed by atoms with Crippen molar-refractivity contribution < 1.29 is 18.0 Å². The first kappa shape index (κ1) is 22.4. The summed E-state index contributed by atoms with van der Waals surface area (Å²) in [7, 11) is 0. The molecular weight excluding hydrogens is 439 g/mol. The average Bonchev–Trinajstić information content (AvgIpc) is 2.78. The van der Waals surface area contributed by atoms with Crippen LogP contribution < -0.4 is 15.5 Å². The summed E-state index contributed by atoms with van der Waals surface area (Å²) in [4.78, 5) is 14.7. The molecule has 0 spiro atoms. The summed E-state index contributed by atoms with van der Waals surface area (Å²) < 4.78 is 39.4. The van der Waals surface area contributed by atoms with E-state index in [1.54, 1.807) is 23.1 Å². The summed E-state index contributed by atoms with van der Waals surface area (Å²) in [6, 6.07) is 16.7. The second kappa shape index (κ2) is 9.00. The Morgan fingerprint density at radius 1 is 1.16 bits per heavy atom. The molecule has 2 atom stereocenters. The van der Waals surface area contributed by atoms with Gasteiger partial charge in [0.15, 0.2) is 0 Å². The van der Waals surface area contributed by atoms with Gasteiger partial charge in [0, 0.05) is 25.3 Å². The Labute approximate surface area is 189 Å². The molecule has 4 rings (SSSR count). The lowest BCUT2D eigenvalue weighted by atomic mass is 9.99. The minimum atomic E-state index is -4.33. The molecule has 4 nitrogen and oxygen atoms in total. The maximum atomic E-state index is 13.1. The molecule has 0 saturated carbocycles. The van der Waals surface area contributed by atoms with Gasteiger partial charge in [0.25, 0.3) is 5.91 Å². The lowest BCUT2D eigenvalue weighted by Crippen LogP contribution is -2.57. The Bertz CT molecular complexity index is 1130. The number of rotatable bonds is 4. The van der Waals surface area contributed by atoms with Gasteiger partial charge in [-0.1, -0.05) is 54.1 Å². The van der Waals surface area contributed by atoms with Crippen LogP contribution in [0.15, 0.2) is 60.7 Å². The highest BCUT2D eigenvalue weighted by Crippen LogP contribution is 2.29. The van der Waals surface area contributed by atoms with Crippen molar-refractivity contribution in [3.63, 3.8) is 0 Å². The van der Waals surface area contributed by atoms with E-state index in [2.05, 4.69) is 10.6 Å². The molecule has 3 aromatic carbocycles. The highest BCUT2D eigenvalue weighted by atomic mass is 35.5. The first-order chi connectivity index (χ1) is 15.2. The number of hydrogen-bond acceptors (Lipinski definition) is 3. The van der Waals surface area contributed by atoms with E-state index < -0.39 is 12.2 Å². The lowest BCUT2D eigenvalue weighted by Gasteiger charge is -2.36. The molecule has 0 bridgehead atoms. The Morgan fingerprint density at radius 2 is 1.91 bits per heavy atom. The third-order valence-electron chi connectivity index (χ3n) is 5.77. The van der Waals surface area contributed by atoms with E-state index in [1.807, 2.05) is 49.4 Å². The monoisotopic (exact) mass is 461 g/mol. The number of carbonyl (C=O) groups excluding carboxylic acids is 1. The van der Waals surface area contributed by atoms with Crippen LogP contribution in [0.25, 0.3) is 10.8 Å². The molecule has 168 valence electrons. The van der Waals surface area contributed by atoms with Crippen LogP contribution in [0.1, 0.15) is 28.9 Å². The molecule has 1 amide bonds. The first-order valence-electron chi connectivity index (χ1n) is 10.4. The third-order valence-corrected chi connectivity index (χ3v) is 6.10. The molecule has 0 aliphatic carbocycles. The Hall–Kier alpha value is -2.77. The van der Waals surface area contributed by atoms with Crippen molar-refractivity contribution in [2.24, 2.45) is 0 Å². The fraction of sp³-hybridized carbons (Fsp3) is 0.292. The van der Waals surface area contributed by atoms with E-state index in [1.165, 1.54) is 0 Å². The van der Waals surface area contributed by atoms with Crippen LogP contribution in [0.2, 0.25) is 5.02 Å². The normalized spacial score (nSPS) is 17.9. The van der Waals surface area contributed by atoms with E-state index in [0.29, 0.717) is 12.2 Å². The van der Waals surface area contributed by atoms with Crippen LogP contribution in [0.4, 0.5) is 18.9 Å². The standard InChI is InChI=1S/C24H23ClF3N3O/c1-15(18-8-4-6-16-5-2-3-7-19(16)18)30-23(32)20-13-17(9-10-21(20)25)31-12-11-29-22(14-31)24(26,27)28/h2-10,13,15,22,29H,11-12,14H2,1H3,(H,30,32)/t15-,22?/m1/s1. The molecular formula is C24H23ClF3N3O. The number of piperazine rings is 1. The summed E-state index contributed by atoms with van der Waals surface area (Å²) in [6.45, 7) is 2.27. The summed E-state index contributed by atoms with van der Waals surface area (Å²) in [6.07, 6.45) is -4.33. The molecule has 1 aliphatic rings. The maximum absolute atomic E-state index is 13.1. The topological polar surface area (TPSA) is 44.4 Å². The number of anilines is 1. The van der Waals surface area contributed by atoms with E-state index in [9.17, 15) is 18.0 Å². The zero-order chi connectivity index (χ0) is 22.9. The van der Waals surface area contributed by atoms with Gasteiger partial charge in [-0.25, -0.2) is 0 Å². The van der Waals surface area contributed by atoms with Crippen LogP contribution in [-0.2, 0) is 0 Å². The smallest absolute Gasteiger partial charge is 0.368 e. The van der Waals surface area contributed by atoms with E-state index >= 15 is 0 Å². The van der Waals surface area contributed by atoms with Crippen molar-refractivity contribution in [2.75, 3.05) is 24.5 Å². The van der Waals surface area contributed by atoms with Crippen molar-refractivity contribution in [3.8, 4) is 0 Å². The van der Waals surface area contributed by atoms with Gasteiger partial charge in [0.05, 0.1) is 16.6 Å². The SMILES string of the molecule is C[C@@H](NC(=O)c1cc(N2CCNC(C(F)(F)F)C2)ccc1Cl)c1cccc2ccccc12. The van der Waals surface area contributed by atoms with Gasteiger partial charge in [0.1, 0.15) is 6.04 Å². The van der Waals surface area contributed by atoms with E-state index in [0.717, 1.165) is 16.3 Å². The predicted molar refractivity (Wildman–Crippen MR) is 121 cm³/mol. The summed E-state index contributed by atoms with van der Waals surface area (Å²) >= 11 is 6.28. The van der Waals surface area contributed by atoms with Gasteiger partial charge < -0.3 is 15.5 Å². The number of alkyl halides is 3. The minimum absolute atomic E-state index is 0.201. The molecule has 0 aromatic heterocycles. The number of carbonyl (C=O) groups is 1. The number of halogens is 4. The molecule has 1 saturated heterocycles. The minimum Gasteiger partial charge on any atom is -0.368 e. The molecule has 1 fully saturated rings. The first-order valence-corrected chi connectivity index (χ1v) is 10.7. The number of fused-ring (bicyclic) bond motifs is 1. The van der Waals surface area contributed by atoms with Crippen LogP contribution in [-0.4, -0.2) is 37.8 Å². The number of hydrogen-bond donors (Lipinski definition) is 2. The summed E-state index contributed by atoms with van der Waals surface area (Å²) in [5.74, 6) is -0.375.